The minimum Gasteiger partial charge on any atom is -0.487 e. The first-order chi connectivity index (χ1) is 15.4. The number of fused-ring (bicyclic) bond motifs is 1. The first-order valence-electron chi connectivity index (χ1n) is 10.5. The van der Waals surface area contributed by atoms with E-state index in [0.29, 0.717) is 28.8 Å². The molecule has 6 nitrogen and oxygen atoms in total. The van der Waals surface area contributed by atoms with Gasteiger partial charge in [0.2, 0.25) is 0 Å². The number of nitrogens with one attached hydrogen (secondary N) is 1. The molecule has 32 heavy (non-hydrogen) atoms. The summed E-state index contributed by atoms with van der Waals surface area (Å²) in [5.41, 5.74) is 2.58. The lowest BCUT2D eigenvalue weighted by atomic mass is 10.1. The van der Waals surface area contributed by atoms with Gasteiger partial charge in [-0.15, -0.1) is 0 Å². The molecule has 0 saturated carbocycles. The van der Waals surface area contributed by atoms with E-state index in [9.17, 15) is 9.59 Å². The summed E-state index contributed by atoms with van der Waals surface area (Å²) in [7, 11) is 0. The van der Waals surface area contributed by atoms with E-state index in [4.69, 9.17) is 4.74 Å². The SMILES string of the molecule is Cc1ccc(NC(=O)c2nn(C(C)C)c(=O)c3ccccc23)c(OCc2ccccc2)c1. The highest BCUT2D eigenvalue weighted by molar-refractivity contribution is 6.11. The smallest absolute Gasteiger partial charge is 0.276 e. The van der Waals surface area contributed by atoms with Crippen molar-refractivity contribution >= 4 is 22.4 Å². The molecule has 4 rings (SSSR count). The number of hydrogen-bond donors (Lipinski definition) is 1. The van der Waals surface area contributed by atoms with Gasteiger partial charge in [0.15, 0.2) is 5.69 Å². The number of hydrogen-bond acceptors (Lipinski definition) is 4. The van der Waals surface area contributed by atoms with Crippen molar-refractivity contribution in [3.63, 3.8) is 0 Å². The second kappa shape index (κ2) is 9.06. The third kappa shape index (κ3) is 4.39. The van der Waals surface area contributed by atoms with Crippen molar-refractivity contribution in [3.05, 3.63) is 100.0 Å². The van der Waals surface area contributed by atoms with Crippen LogP contribution in [0.1, 0.15) is 41.5 Å². The van der Waals surface area contributed by atoms with Gasteiger partial charge >= 0.3 is 0 Å². The van der Waals surface area contributed by atoms with Crippen LogP contribution in [0.25, 0.3) is 10.8 Å². The zero-order chi connectivity index (χ0) is 22.7. The Morgan fingerprint density at radius 1 is 1.00 bits per heavy atom. The van der Waals surface area contributed by atoms with Crippen molar-refractivity contribution in [2.75, 3.05) is 5.32 Å². The number of carbonyl (C=O) groups excluding carboxylic acids is 1. The van der Waals surface area contributed by atoms with Crippen LogP contribution in [0.15, 0.2) is 77.6 Å². The Bertz CT molecular complexity index is 1330. The van der Waals surface area contributed by atoms with Gasteiger partial charge in [-0.05, 0) is 50.1 Å². The fourth-order valence-electron chi connectivity index (χ4n) is 3.49. The van der Waals surface area contributed by atoms with Crippen LogP contribution in [0.2, 0.25) is 0 Å². The lowest BCUT2D eigenvalue weighted by Crippen LogP contribution is -2.29. The van der Waals surface area contributed by atoms with Gasteiger partial charge < -0.3 is 10.1 Å². The third-order valence-corrected chi connectivity index (χ3v) is 5.16. The average molecular weight is 428 g/mol. The maximum atomic E-state index is 13.3. The standard InChI is InChI=1S/C26H25N3O3/c1-17(2)29-26(31)21-12-8-7-11-20(21)24(28-29)25(30)27-22-14-13-18(3)15-23(22)32-16-19-9-5-4-6-10-19/h4-15,17H,16H2,1-3H3,(H,27,30). The Morgan fingerprint density at radius 3 is 2.41 bits per heavy atom. The molecule has 1 amide bonds. The molecule has 0 atom stereocenters. The second-order valence-electron chi connectivity index (χ2n) is 7.97. The number of anilines is 1. The van der Waals surface area contributed by atoms with E-state index in [0.717, 1.165) is 11.1 Å². The Labute approximate surface area is 186 Å². The van der Waals surface area contributed by atoms with Gasteiger partial charge in [-0.1, -0.05) is 54.6 Å². The number of amides is 1. The molecule has 0 aliphatic heterocycles. The molecule has 0 radical (unpaired) electrons. The van der Waals surface area contributed by atoms with Crippen LogP contribution in [-0.4, -0.2) is 15.7 Å². The lowest BCUT2D eigenvalue weighted by Gasteiger charge is -2.16. The largest absolute Gasteiger partial charge is 0.487 e. The van der Waals surface area contributed by atoms with Gasteiger partial charge in [0.05, 0.1) is 17.1 Å². The highest BCUT2D eigenvalue weighted by Gasteiger charge is 2.19. The molecular weight excluding hydrogens is 402 g/mol. The van der Waals surface area contributed by atoms with Crippen molar-refractivity contribution in [3.8, 4) is 5.75 Å². The normalized spacial score (nSPS) is 11.0. The number of aromatic nitrogens is 2. The Kier molecular flexibility index (Phi) is 6.03. The quantitative estimate of drug-likeness (QED) is 0.464. The first-order valence-corrected chi connectivity index (χ1v) is 10.5. The number of rotatable bonds is 6. The van der Waals surface area contributed by atoms with Crippen LogP contribution in [-0.2, 0) is 6.61 Å². The number of benzene rings is 3. The van der Waals surface area contributed by atoms with Crippen LogP contribution in [0.3, 0.4) is 0 Å². The molecular formula is C26H25N3O3. The van der Waals surface area contributed by atoms with E-state index >= 15 is 0 Å². The highest BCUT2D eigenvalue weighted by Crippen LogP contribution is 2.28. The van der Waals surface area contributed by atoms with Gasteiger partial charge in [0.1, 0.15) is 12.4 Å². The van der Waals surface area contributed by atoms with E-state index in [1.807, 2.05) is 69.3 Å². The third-order valence-electron chi connectivity index (χ3n) is 5.16. The van der Waals surface area contributed by atoms with Gasteiger partial charge in [0.25, 0.3) is 11.5 Å². The number of nitrogens with zero attached hydrogens (tertiary/aromatic N) is 2. The van der Waals surface area contributed by atoms with Crippen molar-refractivity contribution in [2.45, 2.75) is 33.4 Å². The molecule has 0 fully saturated rings. The van der Waals surface area contributed by atoms with E-state index in [1.54, 1.807) is 24.3 Å². The Hall–Kier alpha value is -3.93. The molecule has 3 aromatic carbocycles. The molecule has 0 aliphatic rings. The molecule has 4 aromatic rings. The van der Waals surface area contributed by atoms with Gasteiger partial charge in [-0.25, -0.2) is 4.68 Å². The monoisotopic (exact) mass is 427 g/mol. The van der Waals surface area contributed by atoms with Crippen LogP contribution >= 0.6 is 0 Å². The minimum atomic E-state index is -0.399. The summed E-state index contributed by atoms with van der Waals surface area (Å²) in [6.07, 6.45) is 0. The maximum absolute atomic E-state index is 13.3. The molecule has 1 aromatic heterocycles. The Balaban J connectivity index is 1.68. The summed E-state index contributed by atoms with van der Waals surface area (Å²) in [6, 6.07) is 22.3. The lowest BCUT2D eigenvalue weighted by molar-refractivity contribution is 0.102. The predicted molar refractivity (Wildman–Crippen MR) is 126 cm³/mol. The zero-order valence-corrected chi connectivity index (χ0v) is 18.3. The van der Waals surface area contributed by atoms with Crippen molar-refractivity contribution in [1.82, 2.24) is 9.78 Å². The van der Waals surface area contributed by atoms with E-state index < -0.39 is 5.91 Å². The summed E-state index contributed by atoms with van der Waals surface area (Å²) < 4.78 is 7.37. The van der Waals surface area contributed by atoms with Crippen molar-refractivity contribution in [2.24, 2.45) is 0 Å². The molecule has 6 heteroatoms. The van der Waals surface area contributed by atoms with E-state index in [2.05, 4.69) is 10.4 Å². The number of ether oxygens (including phenoxy) is 1. The summed E-state index contributed by atoms with van der Waals surface area (Å²) >= 11 is 0. The Morgan fingerprint density at radius 2 is 1.69 bits per heavy atom. The fourth-order valence-corrected chi connectivity index (χ4v) is 3.49. The first kappa shape index (κ1) is 21.3. The molecule has 0 aliphatic carbocycles. The molecule has 0 spiro atoms. The van der Waals surface area contributed by atoms with Crippen LogP contribution in [0, 0.1) is 6.92 Å². The molecule has 0 unspecified atom stereocenters. The fraction of sp³-hybridized carbons (Fsp3) is 0.192. The molecule has 0 bridgehead atoms. The van der Waals surface area contributed by atoms with Crippen molar-refractivity contribution < 1.29 is 9.53 Å². The van der Waals surface area contributed by atoms with Crippen LogP contribution in [0.4, 0.5) is 5.69 Å². The zero-order valence-electron chi connectivity index (χ0n) is 18.3. The maximum Gasteiger partial charge on any atom is 0.276 e. The van der Waals surface area contributed by atoms with Crippen molar-refractivity contribution in [1.29, 1.82) is 0 Å². The molecule has 0 saturated heterocycles. The van der Waals surface area contributed by atoms with E-state index in [-0.39, 0.29) is 17.3 Å². The number of carbonyl (C=O) groups is 1. The summed E-state index contributed by atoms with van der Waals surface area (Å²) in [4.78, 5) is 26.0. The summed E-state index contributed by atoms with van der Waals surface area (Å²) in [5, 5.41) is 8.30. The summed E-state index contributed by atoms with van der Waals surface area (Å²) in [5.74, 6) is 0.174. The molecule has 1 heterocycles. The molecule has 162 valence electrons. The van der Waals surface area contributed by atoms with Gasteiger partial charge in [-0.2, -0.15) is 5.10 Å². The average Bonchev–Trinajstić information content (AvgIpc) is 2.80. The van der Waals surface area contributed by atoms with Crippen LogP contribution < -0.4 is 15.6 Å². The topological polar surface area (TPSA) is 73.2 Å². The van der Waals surface area contributed by atoms with Crippen LogP contribution in [0.5, 0.6) is 5.75 Å². The highest BCUT2D eigenvalue weighted by atomic mass is 16.5. The summed E-state index contributed by atoms with van der Waals surface area (Å²) in [6.45, 7) is 6.07. The second-order valence-corrected chi connectivity index (χ2v) is 7.97. The van der Waals surface area contributed by atoms with Gasteiger partial charge in [0, 0.05) is 5.39 Å². The minimum absolute atomic E-state index is 0.178. The van der Waals surface area contributed by atoms with Gasteiger partial charge in [-0.3, -0.25) is 9.59 Å². The number of aryl methyl sites for hydroxylation is 1. The predicted octanol–water partition coefficient (Wildman–Crippen LogP) is 5.12. The van der Waals surface area contributed by atoms with E-state index in [1.165, 1.54) is 4.68 Å². The molecule has 1 N–H and O–H groups in total.